The first-order valence-corrected chi connectivity index (χ1v) is 5.52. The van der Waals surface area contributed by atoms with Crippen LogP contribution in [-0.2, 0) is 6.42 Å². The maximum Gasteiger partial charge on any atom is 0.194 e. The molecule has 0 saturated heterocycles. The van der Waals surface area contributed by atoms with Crippen molar-refractivity contribution in [3.63, 3.8) is 0 Å². The number of fused-ring (bicyclic) bond motifs is 1. The van der Waals surface area contributed by atoms with Crippen molar-refractivity contribution in [2.45, 2.75) is 38.2 Å². The Morgan fingerprint density at radius 2 is 2.13 bits per heavy atom. The molecule has 0 bridgehead atoms. The smallest absolute Gasteiger partial charge is 0.194 e. The molecule has 0 radical (unpaired) electrons. The topological polar surface area (TPSA) is 37.3 Å². The summed E-state index contributed by atoms with van der Waals surface area (Å²) in [6.45, 7) is 1.99. The molecule has 2 heteroatoms. The van der Waals surface area contributed by atoms with Crippen LogP contribution < -0.4 is 0 Å². The van der Waals surface area contributed by atoms with Gasteiger partial charge in [-0.1, -0.05) is 37.6 Å². The normalized spacial score (nSPS) is 25.1. The lowest BCUT2D eigenvalue weighted by Crippen LogP contribution is -2.42. The van der Waals surface area contributed by atoms with Gasteiger partial charge in [0.25, 0.3) is 0 Å². The summed E-state index contributed by atoms with van der Waals surface area (Å²) in [6, 6.07) is 7.58. The van der Waals surface area contributed by atoms with Crippen molar-refractivity contribution in [3.8, 4) is 0 Å². The molecule has 15 heavy (non-hydrogen) atoms. The SMILES string of the molecule is CCCC1(O)CCc2ccccc2C1=O. The molecule has 1 N–H and O–H groups in total. The zero-order chi connectivity index (χ0) is 10.9. The Labute approximate surface area is 89.9 Å². The van der Waals surface area contributed by atoms with E-state index in [0.717, 1.165) is 18.4 Å². The van der Waals surface area contributed by atoms with Gasteiger partial charge < -0.3 is 5.11 Å². The first-order chi connectivity index (χ1) is 7.17. The Bertz CT molecular complexity index is 384. The van der Waals surface area contributed by atoms with Crippen LogP contribution in [0.4, 0.5) is 0 Å². The Morgan fingerprint density at radius 1 is 1.40 bits per heavy atom. The summed E-state index contributed by atoms with van der Waals surface area (Å²) < 4.78 is 0. The van der Waals surface area contributed by atoms with Gasteiger partial charge in [0.1, 0.15) is 5.60 Å². The van der Waals surface area contributed by atoms with E-state index in [4.69, 9.17) is 0 Å². The third-order valence-electron chi connectivity index (χ3n) is 3.16. The van der Waals surface area contributed by atoms with Crippen LogP contribution in [0.5, 0.6) is 0 Å². The number of hydrogen-bond acceptors (Lipinski definition) is 2. The quantitative estimate of drug-likeness (QED) is 0.802. The van der Waals surface area contributed by atoms with Crippen LogP contribution in [0, 0.1) is 0 Å². The van der Waals surface area contributed by atoms with Gasteiger partial charge >= 0.3 is 0 Å². The van der Waals surface area contributed by atoms with Crippen LogP contribution in [0.3, 0.4) is 0 Å². The summed E-state index contributed by atoms with van der Waals surface area (Å²) in [4.78, 5) is 12.1. The molecule has 80 valence electrons. The molecule has 0 aromatic heterocycles. The molecule has 1 atom stereocenters. The van der Waals surface area contributed by atoms with Gasteiger partial charge in [-0.05, 0) is 24.8 Å². The van der Waals surface area contributed by atoms with Crippen LogP contribution in [0.25, 0.3) is 0 Å². The predicted octanol–water partition coefficient (Wildman–Crippen LogP) is 2.35. The number of carbonyl (C=O) groups is 1. The van der Waals surface area contributed by atoms with E-state index >= 15 is 0 Å². The fourth-order valence-electron chi connectivity index (χ4n) is 2.32. The molecule has 0 aliphatic heterocycles. The van der Waals surface area contributed by atoms with E-state index in [-0.39, 0.29) is 5.78 Å². The van der Waals surface area contributed by atoms with Gasteiger partial charge in [-0.3, -0.25) is 4.79 Å². The summed E-state index contributed by atoms with van der Waals surface area (Å²) >= 11 is 0. The number of Topliss-reactive ketones (excluding diaryl/α,β-unsaturated/α-hetero) is 1. The van der Waals surface area contributed by atoms with Crippen LogP contribution in [-0.4, -0.2) is 16.5 Å². The second kappa shape index (κ2) is 3.78. The molecule has 0 heterocycles. The maximum atomic E-state index is 12.1. The lowest BCUT2D eigenvalue weighted by atomic mass is 9.77. The van der Waals surface area contributed by atoms with E-state index in [1.54, 1.807) is 0 Å². The van der Waals surface area contributed by atoms with Gasteiger partial charge in [0.2, 0.25) is 0 Å². The average Bonchev–Trinajstić information content (AvgIpc) is 2.25. The van der Waals surface area contributed by atoms with Crippen LogP contribution in [0.15, 0.2) is 24.3 Å². The highest BCUT2D eigenvalue weighted by atomic mass is 16.3. The number of aliphatic hydroxyl groups is 1. The Kier molecular flexibility index (Phi) is 2.61. The minimum absolute atomic E-state index is 0.0915. The van der Waals surface area contributed by atoms with Crippen LogP contribution >= 0.6 is 0 Å². The summed E-state index contributed by atoms with van der Waals surface area (Å²) in [5, 5.41) is 10.2. The van der Waals surface area contributed by atoms with E-state index in [9.17, 15) is 9.90 Å². The van der Waals surface area contributed by atoms with Crippen molar-refractivity contribution in [3.05, 3.63) is 35.4 Å². The second-order valence-corrected chi connectivity index (χ2v) is 4.27. The fourth-order valence-corrected chi connectivity index (χ4v) is 2.32. The van der Waals surface area contributed by atoms with E-state index in [0.29, 0.717) is 18.4 Å². The van der Waals surface area contributed by atoms with Crippen molar-refractivity contribution in [1.82, 2.24) is 0 Å². The minimum Gasteiger partial charge on any atom is -0.382 e. The standard InChI is InChI=1S/C13H16O2/c1-2-8-13(15)9-7-10-5-3-4-6-11(10)12(13)14/h3-6,15H,2,7-9H2,1H3. The highest BCUT2D eigenvalue weighted by molar-refractivity contribution is 6.04. The van der Waals surface area contributed by atoms with Crippen LogP contribution in [0.1, 0.15) is 42.1 Å². The van der Waals surface area contributed by atoms with Crippen molar-refractivity contribution < 1.29 is 9.90 Å². The second-order valence-electron chi connectivity index (χ2n) is 4.27. The molecule has 2 nitrogen and oxygen atoms in total. The molecule has 1 unspecified atom stereocenters. The van der Waals surface area contributed by atoms with E-state index in [2.05, 4.69) is 0 Å². The zero-order valence-electron chi connectivity index (χ0n) is 8.99. The summed E-state index contributed by atoms with van der Waals surface area (Å²) in [5.74, 6) is -0.0915. The van der Waals surface area contributed by atoms with Crippen molar-refractivity contribution in [2.24, 2.45) is 0 Å². The molecule has 1 aromatic rings. The number of aryl methyl sites for hydroxylation is 1. The number of rotatable bonds is 2. The van der Waals surface area contributed by atoms with Crippen molar-refractivity contribution in [2.75, 3.05) is 0 Å². The first kappa shape index (κ1) is 10.4. The molecule has 0 saturated carbocycles. The number of hydrogen-bond donors (Lipinski definition) is 1. The van der Waals surface area contributed by atoms with E-state index in [1.165, 1.54) is 0 Å². The van der Waals surface area contributed by atoms with Gasteiger partial charge in [0, 0.05) is 5.56 Å². The molecule has 1 aromatic carbocycles. The highest BCUT2D eigenvalue weighted by Crippen LogP contribution is 2.31. The largest absolute Gasteiger partial charge is 0.382 e. The summed E-state index contributed by atoms with van der Waals surface area (Å²) in [6.07, 6.45) is 2.78. The molecule has 1 aliphatic rings. The maximum absolute atomic E-state index is 12.1. The van der Waals surface area contributed by atoms with Gasteiger partial charge in [-0.15, -0.1) is 0 Å². The monoisotopic (exact) mass is 204 g/mol. The fraction of sp³-hybridized carbons (Fsp3) is 0.462. The van der Waals surface area contributed by atoms with Crippen molar-refractivity contribution in [1.29, 1.82) is 0 Å². The first-order valence-electron chi connectivity index (χ1n) is 5.52. The third-order valence-corrected chi connectivity index (χ3v) is 3.16. The number of carbonyl (C=O) groups excluding carboxylic acids is 1. The Hall–Kier alpha value is -1.15. The molecule has 2 rings (SSSR count). The molecule has 0 fully saturated rings. The van der Waals surface area contributed by atoms with Gasteiger partial charge in [-0.2, -0.15) is 0 Å². The zero-order valence-corrected chi connectivity index (χ0v) is 8.99. The van der Waals surface area contributed by atoms with E-state index < -0.39 is 5.60 Å². The summed E-state index contributed by atoms with van der Waals surface area (Å²) in [7, 11) is 0. The molecular weight excluding hydrogens is 188 g/mol. The molecular formula is C13H16O2. The lowest BCUT2D eigenvalue weighted by molar-refractivity contribution is 0.0194. The van der Waals surface area contributed by atoms with Crippen molar-refractivity contribution >= 4 is 5.78 Å². The molecule has 0 spiro atoms. The van der Waals surface area contributed by atoms with E-state index in [1.807, 2.05) is 31.2 Å². The molecule has 0 amide bonds. The van der Waals surface area contributed by atoms with Gasteiger partial charge in [0.15, 0.2) is 5.78 Å². The molecule has 1 aliphatic carbocycles. The van der Waals surface area contributed by atoms with Crippen LogP contribution in [0.2, 0.25) is 0 Å². The number of benzene rings is 1. The number of ketones is 1. The summed E-state index contributed by atoms with van der Waals surface area (Å²) in [5.41, 5.74) is 0.673. The third kappa shape index (κ3) is 1.70. The highest BCUT2D eigenvalue weighted by Gasteiger charge is 2.39. The predicted molar refractivity (Wildman–Crippen MR) is 59.0 cm³/mol. The Morgan fingerprint density at radius 3 is 2.87 bits per heavy atom. The van der Waals surface area contributed by atoms with Gasteiger partial charge in [-0.25, -0.2) is 0 Å². The minimum atomic E-state index is -1.11. The lowest BCUT2D eigenvalue weighted by Gasteiger charge is -2.31. The average molecular weight is 204 g/mol. The van der Waals surface area contributed by atoms with Gasteiger partial charge in [0.05, 0.1) is 0 Å². The Balaban J connectivity index is 2.37.